The molecule has 1 heterocycles. The molecule has 1 atom stereocenters. The number of carbonyl (C=O) groups excluding carboxylic acids is 1. The number of aromatic nitrogens is 2. The second-order valence-corrected chi connectivity index (χ2v) is 6.85. The standard InChI is InChI=1S/C21H21F2N3O2/c1-12(2)18(11-27)24-21(28)15-7-9-17-19(20(15)23)16(25-26-17)8-6-13-4-3-5-14(22)10-13/h3-10,12,18,27H,11H2,1-2H3,(H,24,28)(H,25,26)/b8-6+/t18-/m1/s1. The molecule has 0 spiro atoms. The molecule has 0 aliphatic rings. The number of carbonyl (C=O) groups is 1. The van der Waals surface area contributed by atoms with Crippen molar-refractivity contribution in [1.29, 1.82) is 0 Å². The molecule has 28 heavy (non-hydrogen) atoms. The summed E-state index contributed by atoms with van der Waals surface area (Å²) in [6.07, 6.45) is 3.18. The average Bonchev–Trinajstić information content (AvgIpc) is 3.08. The van der Waals surface area contributed by atoms with E-state index in [1.165, 1.54) is 18.2 Å². The van der Waals surface area contributed by atoms with Gasteiger partial charge >= 0.3 is 0 Å². The number of nitrogens with one attached hydrogen (secondary N) is 2. The number of aliphatic hydroxyl groups is 1. The first-order valence-corrected chi connectivity index (χ1v) is 8.92. The maximum absolute atomic E-state index is 15.1. The Kier molecular flexibility index (Phi) is 5.84. The summed E-state index contributed by atoms with van der Waals surface area (Å²) in [5, 5.41) is 19.0. The molecule has 0 unspecified atom stereocenters. The van der Waals surface area contributed by atoms with Gasteiger partial charge in [-0.3, -0.25) is 9.89 Å². The van der Waals surface area contributed by atoms with Gasteiger partial charge in [-0.15, -0.1) is 0 Å². The molecule has 0 saturated carbocycles. The van der Waals surface area contributed by atoms with Gasteiger partial charge in [0.25, 0.3) is 5.91 Å². The van der Waals surface area contributed by atoms with Crippen LogP contribution in [-0.4, -0.2) is 33.9 Å². The summed E-state index contributed by atoms with van der Waals surface area (Å²) >= 11 is 0. The van der Waals surface area contributed by atoms with Gasteiger partial charge in [-0.1, -0.05) is 32.1 Å². The minimum Gasteiger partial charge on any atom is -0.394 e. The predicted octanol–water partition coefficient (Wildman–Crippen LogP) is 3.76. The van der Waals surface area contributed by atoms with Crippen molar-refractivity contribution in [2.45, 2.75) is 19.9 Å². The zero-order valence-electron chi connectivity index (χ0n) is 15.5. The van der Waals surface area contributed by atoms with Crippen molar-refractivity contribution >= 4 is 29.0 Å². The molecule has 1 aromatic heterocycles. The van der Waals surface area contributed by atoms with Gasteiger partial charge in [0.2, 0.25) is 0 Å². The van der Waals surface area contributed by atoms with Crippen molar-refractivity contribution in [3.05, 3.63) is 64.9 Å². The van der Waals surface area contributed by atoms with E-state index in [9.17, 15) is 14.3 Å². The zero-order valence-corrected chi connectivity index (χ0v) is 15.5. The lowest BCUT2D eigenvalue weighted by atomic mass is 10.0. The van der Waals surface area contributed by atoms with E-state index in [0.717, 1.165) is 0 Å². The lowest BCUT2D eigenvalue weighted by Crippen LogP contribution is -2.41. The van der Waals surface area contributed by atoms with E-state index in [2.05, 4.69) is 15.5 Å². The van der Waals surface area contributed by atoms with Gasteiger partial charge in [0, 0.05) is 0 Å². The monoisotopic (exact) mass is 385 g/mol. The second-order valence-electron chi connectivity index (χ2n) is 6.85. The minimum absolute atomic E-state index is 0.000528. The van der Waals surface area contributed by atoms with Gasteiger partial charge in [-0.05, 0) is 41.8 Å². The third-order valence-corrected chi connectivity index (χ3v) is 4.54. The lowest BCUT2D eigenvalue weighted by molar-refractivity contribution is 0.0893. The summed E-state index contributed by atoms with van der Waals surface area (Å²) in [6.45, 7) is 3.47. The van der Waals surface area contributed by atoms with Crippen LogP contribution in [-0.2, 0) is 0 Å². The first-order chi connectivity index (χ1) is 13.4. The second kappa shape index (κ2) is 8.31. The van der Waals surface area contributed by atoms with Gasteiger partial charge in [0.15, 0.2) is 0 Å². The molecule has 3 aromatic rings. The molecular formula is C21H21F2N3O2. The summed E-state index contributed by atoms with van der Waals surface area (Å²) in [7, 11) is 0. The summed E-state index contributed by atoms with van der Waals surface area (Å²) in [4.78, 5) is 12.5. The van der Waals surface area contributed by atoms with Crippen molar-refractivity contribution in [3.63, 3.8) is 0 Å². The quantitative estimate of drug-likeness (QED) is 0.605. The largest absolute Gasteiger partial charge is 0.394 e. The third-order valence-electron chi connectivity index (χ3n) is 4.54. The number of nitrogens with zero attached hydrogens (tertiary/aromatic N) is 1. The number of halogens is 2. The minimum atomic E-state index is -0.705. The van der Waals surface area contributed by atoms with Gasteiger partial charge in [-0.25, -0.2) is 8.78 Å². The van der Waals surface area contributed by atoms with Crippen LogP contribution in [0.15, 0.2) is 36.4 Å². The van der Waals surface area contributed by atoms with E-state index in [0.29, 0.717) is 16.8 Å². The van der Waals surface area contributed by atoms with Crippen molar-refractivity contribution in [2.24, 2.45) is 5.92 Å². The SMILES string of the molecule is CC(C)[C@@H](CO)NC(=O)c1ccc2[nH]nc(/C=C/c3cccc(F)c3)c2c1F. The molecule has 7 heteroatoms. The van der Waals surface area contributed by atoms with Gasteiger partial charge in [-0.2, -0.15) is 5.10 Å². The molecule has 3 N–H and O–H groups in total. The fourth-order valence-corrected chi connectivity index (χ4v) is 2.85. The molecule has 0 saturated heterocycles. The summed E-state index contributed by atoms with van der Waals surface area (Å²) in [6, 6.07) is 8.45. The molecule has 0 radical (unpaired) electrons. The number of amides is 1. The van der Waals surface area contributed by atoms with Crippen LogP contribution < -0.4 is 5.32 Å². The Morgan fingerprint density at radius 2 is 2.04 bits per heavy atom. The van der Waals surface area contributed by atoms with E-state index in [-0.39, 0.29) is 29.3 Å². The summed E-state index contributed by atoms with van der Waals surface area (Å²) < 4.78 is 28.4. The van der Waals surface area contributed by atoms with Crippen molar-refractivity contribution in [2.75, 3.05) is 6.61 Å². The van der Waals surface area contributed by atoms with Crippen LogP contribution in [0.3, 0.4) is 0 Å². The smallest absolute Gasteiger partial charge is 0.254 e. The Morgan fingerprint density at radius 3 is 2.71 bits per heavy atom. The van der Waals surface area contributed by atoms with Crippen LogP contribution in [0, 0.1) is 17.6 Å². The average molecular weight is 385 g/mol. The maximum Gasteiger partial charge on any atom is 0.254 e. The Morgan fingerprint density at radius 1 is 1.25 bits per heavy atom. The summed E-state index contributed by atoms with van der Waals surface area (Å²) in [5.41, 5.74) is 1.21. The molecule has 146 valence electrons. The highest BCUT2D eigenvalue weighted by molar-refractivity contribution is 6.00. The van der Waals surface area contributed by atoms with Crippen LogP contribution in [0.2, 0.25) is 0 Å². The number of fused-ring (bicyclic) bond motifs is 1. The van der Waals surface area contributed by atoms with Gasteiger partial charge < -0.3 is 10.4 Å². The highest BCUT2D eigenvalue weighted by Crippen LogP contribution is 2.24. The molecule has 0 aliphatic carbocycles. The Balaban J connectivity index is 1.94. The number of aromatic amines is 1. The van der Waals surface area contributed by atoms with Gasteiger partial charge in [0.1, 0.15) is 11.6 Å². The Bertz CT molecular complexity index is 1030. The lowest BCUT2D eigenvalue weighted by Gasteiger charge is -2.20. The fraction of sp³-hybridized carbons (Fsp3) is 0.238. The topological polar surface area (TPSA) is 78.0 Å². The molecule has 0 bridgehead atoms. The Labute approximate surface area is 161 Å². The first-order valence-electron chi connectivity index (χ1n) is 8.92. The van der Waals surface area contributed by atoms with Crippen LogP contribution in [0.1, 0.15) is 35.5 Å². The zero-order chi connectivity index (χ0) is 20.3. The van der Waals surface area contributed by atoms with Crippen LogP contribution in [0.25, 0.3) is 23.1 Å². The Hall–Kier alpha value is -3.06. The van der Waals surface area contributed by atoms with Gasteiger partial charge in [0.05, 0.1) is 34.8 Å². The molecule has 3 rings (SSSR count). The highest BCUT2D eigenvalue weighted by atomic mass is 19.1. The molecule has 0 fully saturated rings. The summed E-state index contributed by atoms with van der Waals surface area (Å²) in [5.74, 6) is -1.68. The van der Waals surface area contributed by atoms with E-state index in [1.54, 1.807) is 30.4 Å². The molecule has 5 nitrogen and oxygen atoms in total. The van der Waals surface area contributed by atoms with Crippen LogP contribution in [0.5, 0.6) is 0 Å². The third kappa shape index (κ3) is 4.09. The number of hydrogen-bond donors (Lipinski definition) is 3. The normalized spacial score (nSPS) is 12.8. The van der Waals surface area contributed by atoms with E-state index in [4.69, 9.17) is 0 Å². The van der Waals surface area contributed by atoms with Crippen LogP contribution >= 0.6 is 0 Å². The number of H-pyrrole nitrogens is 1. The van der Waals surface area contributed by atoms with E-state index in [1.807, 2.05) is 13.8 Å². The molecule has 2 aromatic carbocycles. The van der Waals surface area contributed by atoms with Crippen molar-refractivity contribution in [1.82, 2.24) is 15.5 Å². The predicted molar refractivity (Wildman–Crippen MR) is 105 cm³/mol. The van der Waals surface area contributed by atoms with Crippen molar-refractivity contribution in [3.8, 4) is 0 Å². The fourth-order valence-electron chi connectivity index (χ4n) is 2.85. The molecule has 0 aliphatic heterocycles. The maximum atomic E-state index is 15.1. The van der Waals surface area contributed by atoms with Crippen LogP contribution in [0.4, 0.5) is 8.78 Å². The highest BCUT2D eigenvalue weighted by Gasteiger charge is 2.21. The van der Waals surface area contributed by atoms with E-state index >= 15 is 4.39 Å². The van der Waals surface area contributed by atoms with E-state index < -0.39 is 17.8 Å². The number of hydrogen-bond acceptors (Lipinski definition) is 3. The molecule has 1 amide bonds. The number of rotatable bonds is 6. The number of aliphatic hydroxyl groups excluding tert-OH is 1. The number of benzene rings is 2. The first kappa shape index (κ1) is 19.7. The van der Waals surface area contributed by atoms with Crippen molar-refractivity contribution < 1.29 is 18.7 Å². The molecular weight excluding hydrogens is 364 g/mol.